The van der Waals surface area contributed by atoms with E-state index in [0.717, 1.165) is 53.5 Å². The molecule has 2 aromatic carbocycles. The van der Waals surface area contributed by atoms with Crippen LogP contribution in [0.3, 0.4) is 0 Å². The van der Waals surface area contributed by atoms with Crippen LogP contribution in [-0.4, -0.2) is 24.7 Å². The smallest absolute Gasteiger partial charge is 0.550 e. The van der Waals surface area contributed by atoms with Crippen LogP contribution in [0.5, 0.6) is 11.6 Å². The first kappa shape index (κ1) is 24.2. The maximum atomic E-state index is 10.4. The molecule has 0 fully saturated rings. The molecule has 0 N–H and O–H groups in total. The molecule has 0 aliphatic heterocycles. The van der Waals surface area contributed by atoms with Crippen LogP contribution in [0.2, 0.25) is 0 Å². The van der Waals surface area contributed by atoms with Crippen LogP contribution in [0.25, 0.3) is 22.0 Å². The number of aromatic nitrogens is 1. The molecule has 0 aliphatic carbocycles. The van der Waals surface area contributed by atoms with Gasteiger partial charge >= 0.3 is 29.6 Å². The molecule has 0 saturated heterocycles. The number of carbonyl (C=O) groups is 1. The number of carboxylic acids is 1. The number of ether oxygens (including phenoxy) is 2. The molecule has 1 aromatic heterocycles. The predicted molar refractivity (Wildman–Crippen MR) is 112 cm³/mol. The van der Waals surface area contributed by atoms with Crippen LogP contribution in [0.1, 0.15) is 38.5 Å². The average molecular weight is 415 g/mol. The number of pyridine rings is 1. The number of benzene rings is 2. The number of hydrogen-bond donors (Lipinski definition) is 0. The van der Waals surface area contributed by atoms with E-state index in [2.05, 4.69) is 18.2 Å². The van der Waals surface area contributed by atoms with Crippen molar-refractivity contribution in [2.24, 2.45) is 0 Å². The Kier molecular flexibility index (Phi) is 10.1. The molecule has 6 heteroatoms. The molecule has 0 amide bonds. The molecule has 0 aliphatic rings. The Labute approximate surface area is 199 Å². The summed E-state index contributed by atoms with van der Waals surface area (Å²) in [5, 5.41) is 11.5. The summed E-state index contributed by atoms with van der Waals surface area (Å²) in [5.74, 6) is 0.412. The average Bonchev–Trinajstić information content (AvgIpc) is 2.75. The van der Waals surface area contributed by atoms with Crippen LogP contribution in [0.4, 0.5) is 0 Å². The summed E-state index contributed by atoms with van der Waals surface area (Å²) >= 11 is 0. The van der Waals surface area contributed by atoms with Gasteiger partial charge < -0.3 is 19.4 Å². The number of fused-ring (bicyclic) bond motifs is 1. The predicted octanol–water partition coefficient (Wildman–Crippen LogP) is 1.38. The zero-order valence-corrected chi connectivity index (χ0v) is 19.7. The Morgan fingerprint density at radius 1 is 0.967 bits per heavy atom. The molecule has 0 atom stereocenters. The Morgan fingerprint density at radius 2 is 1.70 bits per heavy atom. The summed E-state index contributed by atoms with van der Waals surface area (Å²) in [5.41, 5.74) is 2.87. The Morgan fingerprint density at radius 3 is 2.43 bits per heavy atom. The second-order valence-electron chi connectivity index (χ2n) is 7.00. The van der Waals surface area contributed by atoms with Crippen molar-refractivity contribution in [2.75, 3.05) is 13.7 Å². The van der Waals surface area contributed by atoms with Gasteiger partial charge in [0.25, 0.3) is 0 Å². The number of aliphatic carboxylic acids is 1. The quantitative estimate of drug-likeness (QED) is 0.350. The van der Waals surface area contributed by atoms with E-state index in [4.69, 9.17) is 14.5 Å². The Bertz CT molecular complexity index is 947. The van der Waals surface area contributed by atoms with E-state index >= 15 is 0 Å². The molecule has 0 radical (unpaired) electrons. The van der Waals surface area contributed by atoms with Crippen LogP contribution in [-0.2, 0) is 4.79 Å². The third-order valence-electron chi connectivity index (χ3n) is 4.84. The normalized spacial score (nSPS) is 10.4. The minimum Gasteiger partial charge on any atom is -0.550 e. The van der Waals surface area contributed by atoms with Crippen molar-refractivity contribution in [1.82, 2.24) is 4.98 Å². The van der Waals surface area contributed by atoms with Gasteiger partial charge in [0.2, 0.25) is 5.88 Å². The van der Waals surface area contributed by atoms with Gasteiger partial charge in [0, 0.05) is 23.0 Å². The first-order chi connectivity index (χ1) is 14.2. The van der Waals surface area contributed by atoms with Gasteiger partial charge in [-0.3, -0.25) is 0 Å². The second kappa shape index (κ2) is 12.6. The maximum absolute atomic E-state index is 10.4. The fourth-order valence-electron chi connectivity index (χ4n) is 3.26. The number of nitrogens with zero attached hydrogens (tertiary/aromatic N) is 1. The Balaban J connectivity index is 0.00000320. The molecule has 0 saturated carbocycles. The van der Waals surface area contributed by atoms with Crippen molar-refractivity contribution in [3.8, 4) is 22.8 Å². The van der Waals surface area contributed by atoms with E-state index in [-0.39, 0.29) is 36.0 Å². The third kappa shape index (κ3) is 7.01. The molecule has 0 unspecified atom stereocenters. The molecule has 1 heterocycles. The molecule has 0 bridgehead atoms. The van der Waals surface area contributed by atoms with Gasteiger partial charge in [0.15, 0.2) is 0 Å². The number of carbonyl (C=O) groups excluding carboxylic acids is 1. The summed E-state index contributed by atoms with van der Waals surface area (Å²) in [6.07, 6.45) is 4.60. The number of unbranched alkanes of at least 4 members (excludes halogenated alkanes) is 4. The van der Waals surface area contributed by atoms with E-state index < -0.39 is 5.97 Å². The Hall–Kier alpha value is -2.08. The summed E-state index contributed by atoms with van der Waals surface area (Å²) in [4.78, 5) is 15.2. The van der Waals surface area contributed by atoms with Crippen molar-refractivity contribution in [1.29, 1.82) is 0 Å². The van der Waals surface area contributed by atoms with Gasteiger partial charge in [-0.25, -0.2) is 4.98 Å². The van der Waals surface area contributed by atoms with Crippen molar-refractivity contribution in [3.63, 3.8) is 0 Å². The van der Waals surface area contributed by atoms with Crippen LogP contribution >= 0.6 is 0 Å². The van der Waals surface area contributed by atoms with Gasteiger partial charge in [-0.2, -0.15) is 0 Å². The zero-order chi connectivity index (χ0) is 20.5. The monoisotopic (exact) mass is 415 g/mol. The van der Waals surface area contributed by atoms with E-state index in [1.54, 1.807) is 7.11 Å². The van der Waals surface area contributed by atoms with Crippen molar-refractivity contribution < 1.29 is 48.9 Å². The molecule has 30 heavy (non-hydrogen) atoms. The van der Waals surface area contributed by atoms with Crippen LogP contribution < -0.4 is 44.1 Å². The van der Waals surface area contributed by atoms with Crippen molar-refractivity contribution in [3.05, 3.63) is 54.6 Å². The molecular formula is C24H26NNaO4. The molecule has 5 nitrogen and oxygen atoms in total. The van der Waals surface area contributed by atoms with Gasteiger partial charge in [-0.1, -0.05) is 49.6 Å². The van der Waals surface area contributed by atoms with Crippen molar-refractivity contribution in [2.45, 2.75) is 38.5 Å². The van der Waals surface area contributed by atoms with E-state index in [1.165, 1.54) is 0 Å². The van der Waals surface area contributed by atoms with E-state index in [0.29, 0.717) is 18.9 Å². The zero-order valence-electron chi connectivity index (χ0n) is 17.7. The van der Waals surface area contributed by atoms with E-state index in [9.17, 15) is 9.90 Å². The van der Waals surface area contributed by atoms with Gasteiger partial charge in [-0.05, 0) is 43.0 Å². The van der Waals surface area contributed by atoms with Crippen LogP contribution in [0, 0.1) is 0 Å². The van der Waals surface area contributed by atoms with Gasteiger partial charge in [0.05, 0.1) is 19.2 Å². The van der Waals surface area contributed by atoms with Crippen molar-refractivity contribution >= 4 is 16.9 Å². The standard InChI is InChI=1S/C24H27NO4.Na/c1-28-20-14-13-19-16-21(18-10-6-5-7-11-18)24(25-22(19)17-20)29-15-9-4-2-3-8-12-23(26)27;/h5-7,10-11,13-14,16-17H,2-4,8-9,12,15H2,1H3,(H,26,27);/q;+1/p-1. The largest absolute Gasteiger partial charge is 1.00 e. The summed E-state index contributed by atoms with van der Waals surface area (Å²) in [7, 11) is 1.64. The number of hydrogen-bond acceptors (Lipinski definition) is 5. The summed E-state index contributed by atoms with van der Waals surface area (Å²) in [6, 6.07) is 18.1. The van der Waals surface area contributed by atoms with Gasteiger partial charge in [0.1, 0.15) is 5.75 Å². The molecule has 0 spiro atoms. The van der Waals surface area contributed by atoms with E-state index in [1.807, 2.05) is 36.4 Å². The number of methoxy groups -OCH3 is 1. The minimum absolute atomic E-state index is 0. The first-order valence-corrected chi connectivity index (χ1v) is 10.0. The SMILES string of the molecule is COc1ccc2cc(-c3ccccc3)c(OCCCCCCCC(=O)[O-])nc2c1.[Na+]. The maximum Gasteiger partial charge on any atom is 1.00 e. The second-order valence-corrected chi connectivity index (χ2v) is 7.00. The molecule has 3 aromatic rings. The van der Waals surface area contributed by atoms with Gasteiger partial charge in [-0.15, -0.1) is 0 Å². The minimum atomic E-state index is -0.971. The molecule has 3 rings (SSSR count). The first-order valence-electron chi connectivity index (χ1n) is 10.0. The summed E-state index contributed by atoms with van der Waals surface area (Å²) < 4.78 is 11.4. The van der Waals surface area contributed by atoms with Crippen LogP contribution in [0.15, 0.2) is 54.6 Å². The fraction of sp³-hybridized carbons (Fsp3) is 0.333. The summed E-state index contributed by atoms with van der Waals surface area (Å²) in [6.45, 7) is 0.572. The fourth-order valence-corrected chi connectivity index (χ4v) is 3.26. The number of rotatable bonds is 11. The third-order valence-corrected chi connectivity index (χ3v) is 4.84. The number of carboxylic acid groups (broad SMARTS) is 1. The molecule has 152 valence electrons. The topological polar surface area (TPSA) is 71.5 Å². The molecular weight excluding hydrogens is 389 g/mol.